The zero-order valence-electron chi connectivity index (χ0n) is 17.8. The third-order valence-electron chi connectivity index (χ3n) is 6.98. The van der Waals surface area contributed by atoms with Gasteiger partial charge < -0.3 is 10.4 Å². The van der Waals surface area contributed by atoms with Crippen LogP contribution in [0.5, 0.6) is 0 Å². The van der Waals surface area contributed by atoms with Crippen molar-refractivity contribution in [2.24, 2.45) is 0 Å². The lowest BCUT2D eigenvalue weighted by Crippen LogP contribution is -2.56. The number of β-amino-alcohol motifs (C(OH)–C–C–N with tert-alkyl or cyclic N) is 1. The van der Waals surface area contributed by atoms with E-state index in [4.69, 9.17) is 5.10 Å². The van der Waals surface area contributed by atoms with Gasteiger partial charge in [-0.1, -0.05) is 0 Å². The molecule has 0 bridgehead atoms. The standard InChI is InChI=1S/C21H34N4O4S/c1-30(28,29)24-12-4-11-21(27,15-24)14-22-17-7-9-18(10-8-17)25-20(26)13-16-5-2-3-6-19(16)23-25/h13,17-18,22,27H,2-12,14-15H2,1H3. The van der Waals surface area contributed by atoms with E-state index in [2.05, 4.69) is 5.32 Å². The lowest BCUT2D eigenvalue weighted by Gasteiger charge is -2.39. The molecular weight excluding hydrogens is 404 g/mol. The number of aromatic nitrogens is 2. The Bertz CT molecular complexity index is 923. The van der Waals surface area contributed by atoms with Gasteiger partial charge in [0, 0.05) is 31.7 Å². The molecule has 9 heteroatoms. The Morgan fingerprint density at radius 2 is 1.93 bits per heavy atom. The lowest BCUT2D eigenvalue weighted by atomic mass is 9.89. The topological polar surface area (TPSA) is 105 Å². The van der Waals surface area contributed by atoms with Gasteiger partial charge in [0.1, 0.15) is 0 Å². The van der Waals surface area contributed by atoms with Crippen LogP contribution in [0.1, 0.15) is 68.7 Å². The Morgan fingerprint density at radius 3 is 2.67 bits per heavy atom. The van der Waals surface area contributed by atoms with E-state index in [1.807, 2.05) is 0 Å². The maximum absolute atomic E-state index is 12.6. The number of hydrogen-bond donors (Lipinski definition) is 2. The normalized spacial score (nSPS) is 30.7. The minimum absolute atomic E-state index is 0.0180. The van der Waals surface area contributed by atoms with Crippen molar-refractivity contribution >= 4 is 10.0 Å². The molecule has 0 radical (unpaired) electrons. The van der Waals surface area contributed by atoms with Crippen LogP contribution >= 0.6 is 0 Å². The molecule has 1 atom stereocenters. The van der Waals surface area contributed by atoms with Crippen molar-refractivity contribution in [2.45, 2.75) is 81.9 Å². The number of nitrogens with zero attached hydrogens (tertiary/aromatic N) is 3. The van der Waals surface area contributed by atoms with Crippen LogP contribution in [0.2, 0.25) is 0 Å². The van der Waals surface area contributed by atoms with Crippen molar-refractivity contribution in [2.75, 3.05) is 25.9 Å². The van der Waals surface area contributed by atoms with Crippen molar-refractivity contribution in [3.8, 4) is 0 Å². The zero-order chi connectivity index (χ0) is 21.4. The van der Waals surface area contributed by atoms with Gasteiger partial charge in [-0.3, -0.25) is 4.79 Å². The molecule has 1 saturated carbocycles. The summed E-state index contributed by atoms with van der Waals surface area (Å²) < 4.78 is 26.7. The molecule has 2 N–H and O–H groups in total. The Balaban J connectivity index is 1.32. The fraction of sp³-hybridized carbons (Fsp3) is 0.810. The monoisotopic (exact) mass is 438 g/mol. The average Bonchev–Trinajstić information content (AvgIpc) is 2.72. The van der Waals surface area contributed by atoms with Gasteiger partial charge in [0.2, 0.25) is 10.0 Å². The third-order valence-corrected chi connectivity index (χ3v) is 8.23. The summed E-state index contributed by atoms with van der Waals surface area (Å²) in [6.07, 6.45) is 10.3. The first-order chi connectivity index (χ1) is 14.2. The number of rotatable bonds is 5. The van der Waals surface area contributed by atoms with Gasteiger partial charge in [0.25, 0.3) is 5.56 Å². The summed E-state index contributed by atoms with van der Waals surface area (Å²) in [5.41, 5.74) is 1.22. The second kappa shape index (κ2) is 8.68. The van der Waals surface area contributed by atoms with Gasteiger partial charge in [0.15, 0.2) is 0 Å². The molecule has 168 valence electrons. The maximum atomic E-state index is 12.6. The molecule has 0 spiro atoms. The third kappa shape index (κ3) is 4.95. The second-order valence-corrected chi connectivity index (χ2v) is 11.4. The highest BCUT2D eigenvalue weighted by Crippen LogP contribution is 2.29. The number of piperidine rings is 1. The Kier molecular flexibility index (Phi) is 6.35. The van der Waals surface area contributed by atoms with Gasteiger partial charge >= 0.3 is 0 Å². The van der Waals surface area contributed by atoms with Crippen molar-refractivity contribution in [3.05, 3.63) is 27.7 Å². The Labute approximate surface area is 178 Å². The van der Waals surface area contributed by atoms with E-state index in [-0.39, 0.29) is 24.2 Å². The first-order valence-electron chi connectivity index (χ1n) is 11.3. The molecule has 2 fully saturated rings. The molecule has 1 aromatic heterocycles. The van der Waals surface area contributed by atoms with Crippen molar-refractivity contribution in [3.63, 3.8) is 0 Å². The predicted octanol–water partition coefficient (Wildman–Crippen LogP) is 0.982. The van der Waals surface area contributed by atoms with E-state index in [1.165, 1.54) is 10.6 Å². The fourth-order valence-electron chi connectivity index (χ4n) is 5.20. The molecule has 30 heavy (non-hydrogen) atoms. The van der Waals surface area contributed by atoms with E-state index in [1.54, 1.807) is 10.7 Å². The Morgan fingerprint density at radius 1 is 1.20 bits per heavy atom. The molecule has 3 aliphatic rings. The number of nitrogens with one attached hydrogen (secondary N) is 1. The van der Waals surface area contributed by atoms with Crippen LogP contribution in [-0.2, 0) is 22.9 Å². The van der Waals surface area contributed by atoms with Gasteiger partial charge in [-0.2, -0.15) is 9.40 Å². The van der Waals surface area contributed by atoms with Crippen molar-refractivity contribution < 1.29 is 13.5 Å². The minimum atomic E-state index is -3.28. The summed E-state index contributed by atoms with van der Waals surface area (Å²) in [4.78, 5) is 12.6. The molecule has 4 rings (SSSR count). The maximum Gasteiger partial charge on any atom is 0.267 e. The highest BCUT2D eigenvalue weighted by atomic mass is 32.2. The van der Waals surface area contributed by atoms with Crippen LogP contribution in [0.15, 0.2) is 10.9 Å². The van der Waals surface area contributed by atoms with Gasteiger partial charge in [-0.25, -0.2) is 13.1 Å². The van der Waals surface area contributed by atoms with Crippen molar-refractivity contribution in [1.82, 2.24) is 19.4 Å². The van der Waals surface area contributed by atoms with Crippen LogP contribution in [0, 0.1) is 0 Å². The number of sulfonamides is 1. The SMILES string of the molecule is CS(=O)(=O)N1CCCC(O)(CNC2CCC(n3nc4c(cc3=O)CCCC4)CC2)C1. The quantitative estimate of drug-likeness (QED) is 0.710. The fourth-order valence-corrected chi connectivity index (χ4v) is 6.13. The number of aryl methyl sites for hydroxylation is 2. The van der Waals surface area contributed by atoms with E-state index in [9.17, 15) is 18.3 Å². The van der Waals surface area contributed by atoms with E-state index < -0.39 is 15.6 Å². The van der Waals surface area contributed by atoms with E-state index >= 15 is 0 Å². The van der Waals surface area contributed by atoms with E-state index in [0.29, 0.717) is 25.9 Å². The van der Waals surface area contributed by atoms with Crippen LogP contribution in [-0.4, -0.2) is 65.1 Å². The summed E-state index contributed by atoms with van der Waals surface area (Å²) in [5, 5.41) is 19.1. The average molecular weight is 439 g/mol. The summed E-state index contributed by atoms with van der Waals surface area (Å²) in [7, 11) is -3.28. The molecule has 0 amide bonds. The predicted molar refractivity (Wildman–Crippen MR) is 115 cm³/mol. The summed E-state index contributed by atoms with van der Waals surface area (Å²) in [5.74, 6) is 0. The lowest BCUT2D eigenvalue weighted by molar-refractivity contribution is -0.00964. The molecular formula is C21H34N4O4S. The molecule has 1 saturated heterocycles. The Hall–Kier alpha value is -1.29. The summed E-state index contributed by atoms with van der Waals surface area (Å²) in [6.45, 7) is 1.03. The smallest absolute Gasteiger partial charge is 0.267 e. The number of hydrogen-bond acceptors (Lipinski definition) is 6. The first kappa shape index (κ1) is 21.9. The van der Waals surface area contributed by atoms with Crippen LogP contribution in [0.25, 0.3) is 0 Å². The largest absolute Gasteiger partial charge is 0.387 e. The van der Waals surface area contributed by atoms with Gasteiger partial charge in [-0.15, -0.1) is 0 Å². The highest BCUT2D eigenvalue weighted by Gasteiger charge is 2.37. The van der Waals surface area contributed by atoms with Crippen LogP contribution in [0.3, 0.4) is 0 Å². The molecule has 2 aliphatic carbocycles. The second-order valence-electron chi connectivity index (χ2n) is 9.42. The molecule has 1 unspecified atom stereocenters. The summed E-state index contributed by atoms with van der Waals surface area (Å²) in [6, 6.07) is 2.20. The first-order valence-corrected chi connectivity index (χ1v) is 13.1. The molecule has 1 aliphatic heterocycles. The molecule has 8 nitrogen and oxygen atoms in total. The summed E-state index contributed by atoms with van der Waals surface area (Å²) >= 11 is 0. The molecule has 1 aromatic rings. The van der Waals surface area contributed by atoms with E-state index in [0.717, 1.165) is 62.6 Å². The highest BCUT2D eigenvalue weighted by molar-refractivity contribution is 7.88. The molecule has 2 heterocycles. The van der Waals surface area contributed by atoms with Crippen LogP contribution in [0.4, 0.5) is 0 Å². The van der Waals surface area contributed by atoms with Gasteiger partial charge in [-0.05, 0) is 69.8 Å². The van der Waals surface area contributed by atoms with Crippen LogP contribution < -0.4 is 10.9 Å². The van der Waals surface area contributed by atoms with Crippen molar-refractivity contribution in [1.29, 1.82) is 0 Å². The number of aliphatic hydroxyl groups is 1. The van der Waals surface area contributed by atoms with Gasteiger partial charge in [0.05, 0.1) is 23.6 Å². The minimum Gasteiger partial charge on any atom is -0.387 e. The number of fused-ring (bicyclic) bond motifs is 1. The zero-order valence-corrected chi connectivity index (χ0v) is 18.7. The molecule has 0 aromatic carbocycles.